The number of pyridine rings is 1. The Morgan fingerprint density at radius 1 is 1.04 bits per heavy atom. The Hall–Kier alpha value is -2.50. The first-order chi connectivity index (χ1) is 13.0. The van der Waals surface area contributed by atoms with Crippen molar-refractivity contribution in [3.8, 4) is 11.4 Å². The molecule has 0 saturated carbocycles. The van der Waals surface area contributed by atoms with Crippen molar-refractivity contribution in [2.24, 2.45) is 0 Å². The molecule has 3 aromatic rings. The zero-order valence-electron chi connectivity index (χ0n) is 15.1. The van der Waals surface area contributed by atoms with Crippen molar-refractivity contribution in [2.75, 3.05) is 18.0 Å². The number of anilines is 1. The van der Waals surface area contributed by atoms with Gasteiger partial charge in [0.05, 0.1) is 5.60 Å². The Balaban J connectivity index is 1.57. The maximum Gasteiger partial charge on any atom is 0.161 e. The van der Waals surface area contributed by atoms with Gasteiger partial charge < -0.3 is 10.0 Å². The van der Waals surface area contributed by atoms with E-state index < -0.39 is 5.60 Å². The third kappa shape index (κ3) is 3.66. The minimum Gasteiger partial charge on any atom is -0.385 e. The molecule has 1 aliphatic rings. The van der Waals surface area contributed by atoms with Crippen LogP contribution in [0.25, 0.3) is 11.4 Å². The van der Waals surface area contributed by atoms with Gasteiger partial charge in [0, 0.05) is 53.4 Å². The molecule has 1 saturated heterocycles. The predicted molar refractivity (Wildman–Crippen MR) is 107 cm³/mol. The lowest BCUT2D eigenvalue weighted by Crippen LogP contribution is -2.43. The molecule has 0 atom stereocenters. The SMILES string of the molecule is Cc1cc(N2CCC(O)(c3ccccc3Cl)CC2)nc(-c2ccncc2)n1. The van der Waals surface area contributed by atoms with Crippen LogP contribution >= 0.6 is 11.6 Å². The number of halogens is 1. The van der Waals surface area contributed by atoms with Gasteiger partial charge in [-0.05, 0) is 38.0 Å². The van der Waals surface area contributed by atoms with Gasteiger partial charge in [-0.1, -0.05) is 29.8 Å². The average Bonchev–Trinajstić information content (AvgIpc) is 2.69. The van der Waals surface area contributed by atoms with Gasteiger partial charge in [-0.15, -0.1) is 0 Å². The second kappa shape index (κ2) is 7.25. The molecule has 138 valence electrons. The van der Waals surface area contributed by atoms with Crippen LogP contribution in [0, 0.1) is 6.92 Å². The van der Waals surface area contributed by atoms with E-state index in [9.17, 15) is 5.11 Å². The fraction of sp³-hybridized carbons (Fsp3) is 0.286. The number of rotatable bonds is 3. The number of hydrogen-bond donors (Lipinski definition) is 1. The number of piperidine rings is 1. The van der Waals surface area contributed by atoms with Crippen LogP contribution < -0.4 is 4.90 Å². The molecule has 1 fully saturated rings. The normalized spacial score (nSPS) is 16.3. The monoisotopic (exact) mass is 380 g/mol. The molecule has 1 aromatic carbocycles. The molecule has 1 aliphatic heterocycles. The Morgan fingerprint density at radius 2 is 1.74 bits per heavy atom. The zero-order valence-corrected chi connectivity index (χ0v) is 15.9. The van der Waals surface area contributed by atoms with Crippen LogP contribution in [-0.2, 0) is 5.60 Å². The summed E-state index contributed by atoms with van der Waals surface area (Å²) >= 11 is 6.31. The van der Waals surface area contributed by atoms with Crippen LogP contribution in [0.5, 0.6) is 0 Å². The van der Waals surface area contributed by atoms with Crippen molar-refractivity contribution in [1.29, 1.82) is 0 Å². The minimum atomic E-state index is -0.898. The lowest BCUT2D eigenvalue weighted by Gasteiger charge is -2.39. The molecular formula is C21H21ClN4O. The Labute approximate surface area is 163 Å². The quantitative estimate of drug-likeness (QED) is 0.744. The standard InChI is InChI=1S/C21H21ClN4O/c1-15-14-19(25-20(24-15)16-6-10-23-11-7-16)26-12-8-21(27,9-13-26)17-4-2-3-5-18(17)22/h2-7,10-11,14,27H,8-9,12-13H2,1H3. The second-order valence-corrected chi connectivity index (χ2v) is 7.33. The third-order valence-electron chi connectivity index (χ3n) is 5.07. The molecular weight excluding hydrogens is 360 g/mol. The first-order valence-electron chi connectivity index (χ1n) is 9.04. The summed E-state index contributed by atoms with van der Waals surface area (Å²) in [6.07, 6.45) is 4.69. The fourth-order valence-corrected chi connectivity index (χ4v) is 3.87. The molecule has 0 spiro atoms. The molecule has 6 heteroatoms. The molecule has 0 unspecified atom stereocenters. The van der Waals surface area contributed by atoms with Gasteiger partial charge in [0.15, 0.2) is 5.82 Å². The fourth-order valence-electron chi connectivity index (χ4n) is 3.56. The number of aryl methyl sites for hydroxylation is 1. The van der Waals surface area contributed by atoms with E-state index in [-0.39, 0.29) is 0 Å². The maximum absolute atomic E-state index is 11.1. The highest BCUT2D eigenvalue weighted by atomic mass is 35.5. The van der Waals surface area contributed by atoms with Crippen LogP contribution in [0.3, 0.4) is 0 Å². The van der Waals surface area contributed by atoms with Crippen molar-refractivity contribution in [3.63, 3.8) is 0 Å². The Morgan fingerprint density at radius 3 is 2.44 bits per heavy atom. The lowest BCUT2D eigenvalue weighted by molar-refractivity contribution is 0.0117. The highest BCUT2D eigenvalue weighted by Gasteiger charge is 2.35. The molecule has 4 rings (SSSR count). The summed E-state index contributed by atoms with van der Waals surface area (Å²) in [5, 5.41) is 11.7. The van der Waals surface area contributed by atoms with Crippen molar-refractivity contribution < 1.29 is 5.11 Å². The van der Waals surface area contributed by atoms with Crippen LogP contribution in [0.15, 0.2) is 54.9 Å². The van der Waals surface area contributed by atoms with Gasteiger partial charge in [-0.3, -0.25) is 4.98 Å². The molecule has 5 nitrogen and oxygen atoms in total. The van der Waals surface area contributed by atoms with Crippen LogP contribution in [0.4, 0.5) is 5.82 Å². The molecule has 3 heterocycles. The van der Waals surface area contributed by atoms with Gasteiger partial charge in [0.2, 0.25) is 0 Å². The van der Waals surface area contributed by atoms with Crippen molar-refractivity contribution in [2.45, 2.75) is 25.4 Å². The van der Waals surface area contributed by atoms with E-state index in [1.807, 2.05) is 49.4 Å². The van der Waals surface area contributed by atoms with Crippen molar-refractivity contribution in [1.82, 2.24) is 15.0 Å². The van der Waals surface area contributed by atoms with E-state index >= 15 is 0 Å². The van der Waals surface area contributed by atoms with E-state index in [1.165, 1.54) is 0 Å². The molecule has 0 radical (unpaired) electrons. The first-order valence-corrected chi connectivity index (χ1v) is 9.41. The molecule has 0 aliphatic carbocycles. The van der Waals surface area contributed by atoms with Gasteiger partial charge in [-0.2, -0.15) is 0 Å². The number of benzene rings is 1. The molecule has 0 bridgehead atoms. The summed E-state index contributed by atoms with van der Waals surface area (Å²) in [6, 6.07) is 13.3. The van der Waals surface area contributed by atoms with Gasteiger partial charge in [0.1, 0.15) is 5.82 Å². The summed E-state index contributed by atoms with van der Waals surface area (Å²) in [5.74, 6) is 1.58. The third-order valence-corrected chi connectivity index (χ3v) is 5.40. The molecule has 27 heavy (non-hydrogen) atoms. The number of nitrogens with zero attached hydrogens (tertiary/aromatic N) is 4. The molecule has 1 N–H and O–H groups in total. The second-order valence-electron chi connectivity index (χ2n) is 6.93. The smallest absolute Gasteiger partial charge is 0.161 e. The Kier molecular flexibility index (Phi) is 4.81. The van der Waals surface area contributed by atoms with E-state index in [0.29, 0.717) is 36.8 Å². The van der Waals surface area contributed by atoms with E-state index in [2.05, 4.69) is 14.9 Å². The van der Waals surface area contributed by atoms with E-state index in [1.54, 1.807) is 12.4 Å². The summed E-state index contributed by atoms with van der Waals surface area (Å²) in [4.78, 5) is 15.6. The van der Waals surface area contributed by atoms with Crippen LogP contribution in [0.1, 0.15) is 24.1 Å². The number of hydrogen-bond acceptors (Lipinski definition) is 5. The summed E-state index contributed by atoms with van der Waals surface area (Å²) < 4.78 is 0. The summed E-state index contributed by atoms with van der Waals surface area (Å²) in [6.45, 7) is 3.38. The highest BCUT2D eigenvalue weighted by molar-refractivity contribution is 6.31. The number of aliphatic hydroxyl groups is 1. The molecule has 2 aromatic heterocycles. The van der Waals surface area contributed by atoms with Crippen LogP contribution in [0.2, 0.25) is 5.02 Å². The minimum absolute atomic E-state index is 0.602. The van der Waals surface area contributed by atoms with Crippen molar-refractivity contribution >= 4 is 17.4 Å². The van der Waals surface area contributed by atoms with Crippen LogP contribution in [-0.4, -0.2) is 33.1 Å². The molecule has 0 amide bonds. The predicted octanol–water partition coefficient (Wildman–Crippen LogP) is 3.99. The largest absolute Gasteiger partial charge is 0.385 e. The van der Waals surface area contributed by atoms with Gasteiger partial charge in [-0.25, -0.2) is 9.97 Å². The first kappa shape index (κ1) is 17.9. The topological polar surface area (TPSA) is 62.1 Å². The van der Waals surface area contributed by atoms with E-state index in [0.717, 1.165) is 22.6 Å². The van der Waals surface area contributed by atoms with Crippen molar-refractivity contribution in [3.05, 3.63) is 71.1 Å². The van der Waals surface area contributed by atoms with Gasteiger partial charge >= 0.3 is 0 Å². The maximum atomic E-state index is 11.1. The highest BCUT2D eigenvalue weighted by Crippen LogP contribution is 2.37. The van der Waals surface area contributed by atoms with E-state index in [4.69, 9.17) is 16.6 Å². The summed E-state index contributed by atoms with van der Waals surface area (Å²) in [7, 11) is 0. The summed E-state index contributed by atoms with van der Waals surface area (Å²) in [5.41, 5.74) is 1.77. The zero-order chi connectivity index (χ0) is 18.9. The lowest BCUT2D eigenvalue weighted by atomic mass is 9.84. The average molecular weight is 381 g/mol. The Bertz CT molecular complexity index is 940. The number of aromatic nitrogens is 3. The van der Waals surface area contributed by atoms with Gasteiger partial charge in [0.25, 0.3) is 0 Å².